The molecule has 3 rings (SSSR count). The van der Waals surface area contributed by atoms with E-state index >= 15 is 0 Å². The molecule has 1 heterocycles. The van der Waals surface area contributed by atoms with E-state index in [1.165, 1.54) is 32.2 Å². The van der Waals surface area contributed by atoms with Gasteiger partial charge in [0.1, 0.15) is 0 Å². The van der Waals surface area contributed by atoms with Crippen molar-refractivity contribution < 1.29 is 9.90 Å². The molecular weight excluding hydrogens is 314 g/mol. The van der Waals surface area contributed by atoms with Crippen molar-refractivity contribution in [1.29, 1.82) is 0 Å². The number of nitrogens with zero attached hydrogens (tertiary/aromatic N) is 2. The van der Waals surface area contributed by atoms with Gasteiger partial charge in [0.05, 0.1) is 6.61 Å². The maximum atomic E-state index is 12.7. The Labute approximate surface area is 151 Å². The summed E-state index contributed by atoms with van der Waals surface area (Å²) in [5, 5.41) is 12.5. The maximum absolute atomic E-state index is 12.7. The average Bonchev–Trinajstić information content (AvgIpc) is 3.17. The lowest BCUT2D eigenvalue weighted by Gasteiger charge is -2.37. The predicted molar refractivity (Wildman–Crippen MR) is 99.3 cm³/mol. The largest absolute Gasteiger partial charge is 0.395 e. The Balaban J connectivity index is 1.54. The zero-order valence-electron chi connectivity index (χ0n) is 15.1. The summed E-state index contributed by atoms with van der Waals surface area (Å²) in [4.78, 5) is 17.0. The standard InChI is InChI=1S/C20H31N3O2/c24-14-13-23(15-17-7-2-1-3-8-17)20(25)21-18-9-6-12-22(16-18)19-10-4-5-11-19/h1-3,7-8,18-19,24H,4-6,9-16H2,(H,21,25). The van der Waals surface area contributed by atoms with E-state index in [1.807, 2.05) is 30.3 Å². The molecule has 1 saturated heterocycles. The van der Waals surface area contributed by atoms with E-state index < -0.39 is 0 Å². The zero-order chi connectivity index (χ0) is 17.5. The van der Waals surface area contributed by atoms with Gasteiger partial charge in [-0.3, -0.25) is 4.90 Å². The van der Waals surface area contributed by atoms with Gasteiger partial charge in [-0.15, -0.1) is 0 Å². The molecule has 1 aliphatic heterocycles. The molecule has 0 aromatic heterocycles. The Morgan fingerprint density at radius 3 is 2.64 bits per heavy atom. The Bertz CT molecular complexity index is 531. The van der Waals surface area contributed by atoms with Crippen molar-refractivity contribution in [3.05, 3.63) is 35.9 Å². The third-order valence-corrected chi connectivity index (χ3v) is 5.49. The monoisotopic (exact) mass is 345 g/mol. The van der Waals surface area contributed by atoms with E-state index in [2.05, 4.69) is 10.2 Å². The first kappa shape index (κ1) is 18.2. The van der Waals surface area contributed by atoms with Gasteiger partial charge in [-0.25, -0.2) is 4.79 Å². The van der Waals surface area contributed by atoms with Gasteiger partial charge in [0.15, 0.2) is 0 Å². The molecule has 1 saturated carbocycles. The minimum Gasteiger partial charge on any atom is -0.395 e. The van der Waals surface area contributed by atoms with Crippen LogP contribution in [0.5, 0.6) is 0 Å². The van der Waals surface area contributed by atoms with Crippen LogP contribution >= 0.6 is 0 Å². The molecule has 2 aliphatic rings. The third-order valence-electron chi connectivity index (χ3n) is 5.49. The van der Waals surface area contributed by atoms with Gasteiger partial charge in [-0.2, -0.15) is 0 Å². The Morgan fingerprint density at radius 1 is 1.16 bits per heavy atom. The summed E-state index contributed by atoms with van der Waals surface area (Å²) in [6.45, 7) is 3.02. The summed E-state index contributed by atoms with van der Waals surface area (Å²) in [6, 6.07) is 10.8. The van der Waals surface area contributed by atoms with Crippen molar-refractivity contribution in [3.8, 4) is 0 Å². The molecule has 0 spiro atoms. The quantitative estimate of drug-likeness (QED) is 0.833. The van der Waals surface area contributed by atoms with Crippen LogP contribution in [0, 0.1) is 0 Å². The topological polar surface area (TPSA) is 55.8 Å². The van der Waals surface area contributed by atoms with Gasteiger partial charge >= 0.3 is 6.03 Å². The number of carbonyl (C=O) groups is 1. The Kier molecular flexibility index (Phi) is 6.70. The molecule has 1 unspecified atom stereocenters. The van der Waals surface area contributed by atoms with Crippen LogP contribution in [0.4, 0.5) is 4.79 Å². The summed E-state index contributed by atoms with van der Waals surface area (Å²) in [7, 11) is 0. The van der Waals surface area contributed by atoms with Crippen LogP contribution in [0.2, 0.25) is 0 Å². The van der Waals surface area contributed by atoms with Crippen LogP contribution in [0.25, 0.3) is 0 Å². The first-order valence-electron chi connectivity index (χ1n) is 9.70. The highest BCUT2D eigenvalue weighted by Crippen LogP contribution is 2.26. The second-order valence-electron chi connectivity index (χ2n) is 7.35. The normalized spacial score (nSPS) is 22.0. The number of urea groups is 1. The van der Waals surface area contributed by atoms with E-state index in [0.29, 0.717) is 13.1 Å². The second-order valence-corrected chi connectivity index (χ2v) is 7.35. The molecule has 2 amide bonds. The molecule has 1 aromatic carbocycles. The van der Waals surface area contributed by atoms with E-state index in [4.69, 9.17) is 0 Å². The lowest BCUT2D eigenvalue weighted by molar-refractivity contribution is 0.129. The lowest BCUT2D eigenvalue weighted by Crippen LogP contribution is -2.53. The zero-order valence-corrected chi connectivity index (χ0v) is 15.1. The van der Waals surface area contributed by atoms with Gasteiger partial charge in [-0.05, 0) is 37.8 Å². The third kappa shape index (κ3) is 5.19. The molecule has 0 bridgehead atoms. The molecular formula is C20H31N3O2. The smallest absolute Gasteiger partial charge is 0.318 e. The van der Waals surface area contributed by atoms with Crippen molar-refractivity contribution in [2.75, 3.05) is 26.2 Å². The number of aliphatic hydroxyl groups excluding tert-OH is 1. The van der Waals surface area contributed by atoms with Gasteiger partial charge in [0.2, 0.25) is 0 Å². The fourth-order valence-corrected chi connectivity index (χ4v) is 4.17. The molecule has 138 valence electrons. The van der Waals surface area contributed by atoms with Crippen LogP contribution in [0.3, 0.4) is 0 Å². The number of nitrogens with one attached hydrogen (secondary N) is 1. The van der Waals surface area contributed by atoms with Crippen molar-refractivity contribution in [3.63, 3.8) is 0 Å². The molecule has 1 aliphatic carbocycles. The SMILES string of the molecule is O=C(NC1CCCN(C2CCCC2)C1)N(CCO)Cc1ccccc1. The van der Waals surface area contributed by atoms with Gasteiger partial charge in [0, 0.05) is 31.7 Å². The summed E-state index contributed by atoms with van der Waals surface area (Å²) >= 11 is 0. The summed E-state index contributed by atoms with van der Waals surface area (Å²) in [6.07, 6.45) is 7.52. The van der Waals surface area contributed by atoms with E-state index in [1.54, 1.807) is 4.90 Å². The van der Waals surface area contributed by atoms with Crippen molar-refractivity contribution in [1.82, 2.24) is 15.1 Å². The molecule has 25 heavy (non-hydrogen) atoms. The van der Waals surface area contributed by atoms with Gasteiger partial charge in [0.25, 0.3) is 0 Å². The van der Waals surface area contributed by atoms with Crippen LogP contribution in [-0.2, 0) is 6.54 Å². The summed E-state index contributed by atoms with van der Waals surface area (Å²) in [5.41, 5.74) is 1.09. The second kappa shape index (κ2) is 9.20. The fraction of sp³-hybridized carbons (Fsp3) is 0.650. The summed E-state index contributed by atoms with van der Waals surface area (Å²) < 4.78 is 0. The maximum Gasteiger partial charge on any atom is 0.318 e. The molecule has 5 heteroatoms. The molecule has 1 atom stereocenters. The number of aliphatic hydroxyl groups is 1. The number of rotatable bonds is 6. The molecule has 0 radical (unpaired) electrons. The highest BCUT2D eigenvalue weighted by Gasteiger charge is 2.29. The summed E-state index contributed by atoms with van der Waals surface area (Å²) in [5.74, 6) is 0. The van der Waals surface area contributed by atoms with E-state index in [0.717, 1.165) is 31.0 Å². The van der Waals surface area contributed by atoms with Crippen LogP contribution in [0.15, 0.2) is 30.3 Å². The lowest BCUT2D eigenvalue weighted by atomic mass is 10.0. The van der Waals surface area contributed by atoms with Crippen molar-refractivity contribution >= 4 is 6.03 Å². The highest BCUT2D eigenvalue weighted by molar-refractivity contribution is 5.74. The molecule has 5 nitrogen and oxygen atoms in total. The minimum atomic E-state index is -0.0591. The number of piperidine rings is 1. The molecule has 2 N–H and O–H groups in total. The van der Waals surface area contributed by atoms with Gasteiger partial charge < -0.3 is 15.3 Å². The van der Waals surface area contributed by atoms with E-state index in [-0.39, 0.29) is 18.7 Å². The van der Waals surface area contributed by atoms with Crippen LogP contribution in [-0.4, -0.2) is 59.3 Å². The number of likely N-dealkylation sites (tertiary alicyclic amines) is 1. The first-order chi connectivity index (χ1) is 12.3. The highest BCUT2D eigenvalue weighted by atomic mass is 16.3. The van der Waals surface area contributed by atoms with Crippen molar-refractivity contribution in [2.45, 2.75) is 57.2 Å². The number of hydrogen-bond acceptors (Lipinski definition) is 3. The van der Waals surface area contributed by atoms with Gasteiger partial charge in [-0.1, -0.05) is 43.2 Å². The number of benzene rings is 1. The Hall–Kier alpha value is -1.59. The van der Waals surface area contributed by atoms with Crippen LogP contribution < -0.4 is 5.32 Å². The van der Waals surface area contributed by atoms with E-state index in [9.17, 15) is 9.90 Å². The first-order valence-corrected chi connectivity index (χ1v) is 9.70. The van der Waals surface area contributed by atoms with Crippen molar-refractivity contribution in [2.24, 2.45) is 0 Å². The minimum absolute atomic E-state index is 0.0148. The predicted octanol–water partition coefficient (Wildman–Crippen LogP) is 2.60. The number of hydrogen-bond donors (Lipinski definition) is 2. The van der Waals surface area contributed by atoms with Crippen LogP contribution in [0.1, 0.15) is 44.1 Å². The number of carbonyl (C=O) groups excluding carboxylic acids is 1. The molecule has 2 fully saturated rings. The number of amides is 2. The fourth-order valence-electron chi connectivity index (χ4n) is 4.17. The average molecular weight is 345 g/mol. The molecule has 1 aromatic rings. The Morgan fingerprint density at radius 2 is 1.92 bits per heavy atom.